The van der Waals surface area contributed by atoms with Crippen molar-refractivity contribution in [2.45, 2.75) is 12.8 Å². The summed E-state index contributed by atoms with van der Waals surface area (Å²) in [7, 11) is 0. The van der Waals surface area contributed by atoms with Crippen molar-refractivity contribution < 1.29 is 14.4 Å². The first-order valence-corrected chi connectivity index (χ1v) is 5.29. The summed E-state index contributed by atoms with van der Waals surface area (Å²) in [5, 5.41) is 12.8. The zero-order chi connectivity index (χ0) is 12.3. The Balaban J connectivity index is 2.08. The number of aromatic nitrogens is 2. The number of benzene rings is 1. The Morgan fingerprint density at radius 3 is 3.00 bits per heavy atom. The molecule has 1 heterocycles. The van der Waals surface area contributed by atoms with Gasteiger partial charge in [-0.2, -0.15) is 4.98 Å². The predicted molar refractivity (Wildman–Crippen MR) is 59.9 cm³/mol. The Morgan fingerprint density at radius 1 is 1.47 bits per heavy atom. The molecule has 0 aliphatic heterocycles. The van der Waals surface area contributed by atoms with E-state index in [4.69, 9.17) is 21.2 Å². The van der Waals surface area contributed by atoms with Crippen LogP contribution in [-0.4, -0.2) is 21.2 Å². The van der Waals surface area contributed by atoms with Crippen LogP contribution in [0.4, 0.5) is 0 Å². The van der Waals surface area contributed by atoms with Gasteiger partial charge in [-0.1, -0.05) is 28.9 Å². The van der Waals surface area contributed by atoms with Crippen LogP contribution in [0.3, 0.4) is 0 Å². The van der Waals surface area contributed by atoms with E-state index in [2.05, 4.69) is 10.1 Å². The number of hydrogen-bond acceptors (Lipinski definition) is 4. The Morgan fingerprint density at radius 2 is 2.29 bits per heavy atom. The second-order valence-electron chi connectivity index (χ2n) is 3.48. The minimum Gasteiger partial charge on any atom is -0.481 e. The van der Waals surface area contributed by atoms with Crippen LogP contribution in [0.15, 0.2) is 28.8 Å². The average molecular weight is 253 g/mol. The van der Waals surface area contributed by atoms with E-state index in [1.54, 1.807) is 12.1 Å². The van der Waals surface area contributed by atoms with Gasteiger partial charge in [0.2, 0.25) is 5.89 Å². The summed E-state index contributed by atoms with van der Waals surface area (Å²) < 4.78 is 4.94. The van der Waals surface area contributed by atoms with Crippen LogP contribution in [0.1, 0.15) is 17.3 Å². The van der Waals surface area contributed by atoms with Gasteiger partial charge >= 0.3 is 5.97 Å². The molecule has 1 aromatic heterocycles. The highest BCUT2D eigenvalue weighted by Gasteiger charge is 2.10. The Labute approximate surface area is 102 Å². The molecule has 0 atom stereocenters. The van der Waals surface area contributed by atoms with E-state index in [-0.39, 0.29) is 12.2 Å². The van der Waals surface area contributed by atoms with E-state index in [0.29, 0.717) is 17.3 Å². The molecule has 0 bridgehead atoms. The fraction of sp³-hybridized carbons (Fsp3) is 0.182. The third-order valence-electron chi connectivity index (χ3n) is 2.06. The molecule has 88 valence electrons. The molecule has 1 N–H and O–H groups in total. The second kappa shape index (κ2) is 4.97. The zero-order valence-corrected chi connectivity index (χ0v) is 9.52. The third-order valence-corrected chi connectivity index (χ3v) is 2.30. The normalized spacial score (nSPS) is 10.4. The lowest BCUT2D eigenvalue weighted by Gasteiger charge is -1.96. The summed E-state index contributed by atoms with van der Waals surface area (Å²) >= 11 is 5.84. The Hall–Kier alpha value is -1.88. The molecular formula is C11H9ClN2O3. The molecule has 0 spiro atoms. The van der Waals surface area contributed by atoms with Crippen molar-refractivity contribution in [1.82, 2.24) is 10.1 Å². The topological polar surface area (TPSA) is 76.2 Å². The van der Waals surface area contributed by atoms with E-state index in [9.17, 15) is 4.79 Å². The molecule has 2 aromatic rings. The van der Waals surface area contributed by atoms with E-state index in [1.165, 1.54) is 0 Å². The number of carboxylic acids is 1. The van der Waals surface area contributed by atoms with Crippen LogP contribution in [0.25, 0.3) is 0 Å². The number of rotatable bonds is 4. The van der Waals surface area contributed by atoms with Crippen LogP contribution in [-0.2, 0) is 17.6 Å². The maximum Gasteiger partial charge on any atom is 0.311 e. The first-order valence-electron chi connectivity index (χ1n) is 4.91. The smallest absolute Gasteiger partial charge is 0.311 e. The van der Waals surface area contributed by atoms with Gasteiger partial charge < -0.3 is 9.63 Å². The van der Waals surface area contributed by atoms with Gasteiger partial charge in [-0.15, -0.1) is 0 Å². The first kappa shape index (κ1) is 11.6. The monoisotopic (exact) mass is 252 g/mol. The van der Waals surface area contributed by atoms with Crippen molar-refractivity contribution in [3.8, 4) is 0 Å². The highest BCUT2D eigenvalue weighted by atomic mass is 35.5. The third kappa shape index (κ3) is 3.29. The molecular weight excluding hydrogens is 244 g/mol. The molecule has 0 radical (unpaired) electrons. The van der Waals surface area contributed by atoms with Gasteiger partial charge in [0, 0.05) is 5.02 Å². The van der Waals surface area contributed by atoms with E-state index < -0.39 is 5.97 Å². The largest absolute Gasteiger partial charge is 0.481 e. The first-order chi connectivity index (χ1) is 8.13. The molecule has 17 heavy (non-hydrogen) atoms. The van der Waals surface area contributed by atoms with E-state index >= 15 is 0 Å². The summed E-state index contributed by atoms with van der Waals surface area (Å²) in [6.07, 6.45) is 0.201. The number of carboxylic acid groups (broad SMARTS) is 1. The van der Waals surface area contributed by atoms with Crippen LogP contribution in [0.2, 0.25) is 5.02 Å². The number of hydrogen-bond donors (Lipinski definition) is 1. The maximum atomic E-state index is 10.4. The Bertz CT molecular complexity index is 539. The second-order valence-corrected chi connectivity index (χ2v) is 3.92. The van der Waals surface area contributed by atoms with Crippen molar-refractivity contribution >= 4 is 17.6 Å². The van der Waals surface area contributed by atoms with Crippen molar-refractivity contribution in [1.29, 1.82) is 0 Å². The minimum atomic E-state index is -0.986. The maximum absolute atomic E-state index is 10.4. The lowest BCUT2D eigenvalue weighted by atomic mass is 10.1. The molecule has 0 saturated carbocycles. The quantitative estimate of drug-likeness (QED) is 0.900. The number of nitrogens with zero attached hydrogens (tertiary/aromatic N) is 2. The fourth-order valence-corrected chi connectivity index (χ4v) is 1.60. The van der Waals surface area contributed by atoms with Crippen LogP contribution in [0, 0.1) is 0 Å². The van der Waals surface area contributed by atoms with Gasteiger partial charge in [-0.25, -0.2) is 0 Å². The molecule has 0 aliphatic rings. The van der Waals surface area contributed by atoms with Crippen molar-refractivity contribution in [3.05, 3.63) is 46.6 Å². The molecule has 2 rings (SSSR count). The van der Waals surface area contributed by atoms with Crippen molar-refractivity contribution in [2.24, 2.45) is 0 Å². The van der Waals surface area contributed by atoms with Crippen LogP contribution < -0.4 is 0 Å². The highest BCUT2D eigenvalue weighted by molar-refractivity contribution is 6.30. The number of carbonyl (C=O) groups is 1. The molecule has 0 fully saturated rings. The lowest BCUT2D eigenvalue weighted by molar-refractivity contribution is -0.136. The summed E-state index contributed by atoms with van der Waals surface area (Å²) in [6.45, 7) is 0. The zero-order valence-electron chi connectivity index (χ0n) is 8.76. The summed E-state index contributed by atoms with van der Waals surface area (Å²) in [6, 6.07) is 7.27. The molecule has 0 aliphatic carbocycles. The minimum absolute atomic E-state index is 0.175. The van der Waals surface area contributed by atoms with E-state index in [1.807, 2.05) is 12.1 Å². The van der Waals surface area contributed by atoms with E-state index in [0.717, 1.165) is 5.56 Å². The molecule has 5 nitrogen and oxygen atoms in total. The SMILES string of the molecule is O=C(O)Cc1noc(Cc2cccc(Cl)c2)n1. The Kier molecular flexibility index (Phi) is 3.39. The average Bonchev–Trinajstić information content (AvgIpc) is 2.64. The van der Waals surface area contributed by atoms with Gasteiger partial charge in [0.15, 0.2) is 5.82 Å². The van der Waals surface area contributed by atoms with Gasteiger partial charge in [-0.05, 0) is 17.7 Å². The fourth-order valence-electron chi connectivity index (χ4n) is 1.39. The van der Waals surface area contributed by atoms with Crippen molar-refractivity contribution in [3.63, 3.8) is 0 Å². The van der Waals surface area contributed by atoms with Crippen LogP contribution in [0.5, 0.6) is 0 Å². The van der Waals surface area contributed by atoms with Crippen molar-refractivity contribution in [2.75, 3.05) is 0 Å². The van der Waals surface area contributed by atoms with Gasteiger partial charge in [0.05, 0.1) is 6.42 Å². The molecule has 0 unspecified atom stereocenters. The number of aliphatic carboxylic acids is 1. The van der Waals surface area contributed by atoms with Gasteiger partial charge in [0.25, 0.3) is 0 Å². The highest BCUT2D eigenvalue weighted by Crippen LogP contribution is 2.13. The van der Waals surface area contributed by atoms with Crippen LogP contribution >= 0.6 is 11.6 Å². The van der Waals surface area contributed by atoms with Gasteiger partial charge in [-0.3, -0.25) is 4.79 Å². The standard InChI is InChI=1S/C11H9ClN2O3/c12-8-3-1-2-7(4-8)5-10-13-9(14-17-10)6-11(15)16/h1-4H,5-6H2,(H,15,16). The summed E-state index contributed by atoms with van der Waals surface area (Å²) in [5.74, 6) is -0.432. The van der Waals surface area contributed by atoms with Gasteiger partial charge in [0.1, 0.15) is 6.42 Å². The predicted octanol–water partition coefficient (Wildman–Crippen LogP) is 1.94. The summed E-state index contributed by atoms with van der Waals surface area (Å²) in [5.41, 5.74) is 0.933. The summed E-state index contributed by atoms with van der Waals surface area (Å²) in [4.78, 5) is 14.4. The molecule has 0 saturated heterocycles. The molecule has 0 amide bonds. The lowest BCUT2D eigenvalue weighted by Crippen LogP contribution is -2.01. The molecule has 6 heteroatoms. The number of halogens is 1. The molecule has 1 aromatic carbocycles.